The van der Waals surface area contributed by atoms with Gasteiger partial charge in [0, 0.05) is 13.1 Å². The van der Waals surface area contributed by atoms with Crippen LogP contribution in [0, 0.1) is 6.92 Å². The largest absolute Gasteiger partial charge is 0.486 e. The van der Waals surface area contributed by atoms with Crippen LogP contribution in [0.1, 0.15) is 28.1 Å². The Bertz CT molecular complexity index is 753. The molecule has 0 unspecified atom stereocenters. The average molecular weight is 358 g/mol. The fourth-order valence-electron chi connectivity index (χ4n) is 3.34. The molecule has 1 N–H and O–H groups in total. The second-order valence-electron chi connectivity index (χ2n) is 7.30. The molecule has 1 aliphatic rings. The number of aliphatic hydroxyl groups is 1. The van der Waals surface area contributed by atoms with Crippen molar-refractivity contribution < 1.29 is 19.1 Å². The third-order valence-corrected chi connectivity index (χ3v) is 4.60. The van der Waals surface area contributed by atoms with Crippen LogP contribution in [0.4, 0.5) is 0 Å². The summed E-state index contributed by atoms with van der Waals surface area (Å²) in [5.41, 5.74) is 0.790. The zero-order chi connectivity index (χ0) is 18.7. The van der Waals surface area contributed by atoms with Gasteiger partial charge in [0.05, 0.1) is 24.0 Å². The smallest absolute Gasteiger partial charge is 0.257 e. The lowest BCUT2D eigenvalue weighted by atomic mass is 10.0. The Balaban J connectivity index is 1.64. The Labute approximate surface area is 154 Å². The van der Waals surface area contributed by atoms with E-state index in [9.17, 15) is 9.90 Å². The molecule has 3 rings (SSSR count). The molecular weight excluding hydrogens is 332 g/mol. The van der Waals surface area contributed by atoms with Crippen LogP contribution in [0.2, 0.25) is 0 Å². The molecule has 0 bridgehead atoms. The maximum Gasteiger partial charge on any atom is 0.257 e. The van der Waals surface area contributed by atoms with Crippen molar-refractivity contribution in [3.8, 4) is 5.75 Å². The lowest BCUT2D eigenvalue weighted by Gasteiger charge is -2.26. The minimum Gasteiger partial charge on any atom is -0.486 e. The second-order valence-corrected chi connectivity index (χ2v) is 7.30. The van der Waals surface area contributed by atoms with Gasteiger partial charge in [-0.15, -0.1) is 0 Å². The Morgan fingerprint density at radius 3 is 2.73 bits per heavy atom. The first-order valence-corrected chi connectivity index (χ1v) is 8.78. The van der Waals surface area contributed by atoms with Gasteiger partial charge in [0.15, 0.2) is 5.76 Å². The SMILES string of the molecule is Cc1ccc(OCc2occc2C(=O)N2CC[C@@](O)(CN(C)C)C2)cc1. The highest BCUT2D eigenvalue weighted by atomic mass is 16.5. The monoisotopic (exact) mass is 358 g/mol. The minimum absolute atomic E-state index is 0.129. The summed E-state index contributed by atoms with van der Waals surface area (Å²) < 4.78 is 11.2. The standard InChI is InChI=1S/C20H26N2O4/c1-15-4-6-16(7-5-15)26-12-18-17(8-11-25-18)19(23)22-10-9-20(24,14-22)13-21(2)3/h4-8,11,24H,9-10,12-14H2,1-3H3/t20-/m1/s1. The van der Waals surface area contributed by atoms with Crippen molar-refractivity contribution in [1.82, 2.24) is 9.80 Å². The van der Waals surface area contributed by atoms with Gasteiger partial charge in [0.1, 0.15) is 12.4 Å². The number of hydrogen-bond acceptors (Lipinski definition) is 5. The average Bonchev–Trinajstić information content (AvgIpc) is 3.20. The summed E-state index contributed by atoms with van der Waals surface area (Å²) in [7, 11) is 3.83. The van der Waals surface area contributed by atoms with Crippen LogP contribution in [0.3, 0.4) is 0 Å². The molecule has 0 saturated carbocycles. The van der Waals surface area contributed by atoms with Gasteiger partial charge in [-0.2, -0.15) is 0 Å². The molecule has 2 heterocycles. The van der Waals surface area contributed by atoms with Gasteiger partial charge in [-0.25, -0.2) is 0 Å². The van der Waals surface area contributed by atoms with Crippen molar-refractivity contribution in [3.63, 3.8) is 0 Å². The van der Waals surface area contributed by atoms with E-state index in [0.29, 0.717) is 37.4 Å². The lowest BCUT2D eigenvalue weighted by Crippen LogP contribution is -2.43. The molecule has 1 aliphatic heterocycles. The number of aryl methyl sites for hydroxylation is 1. The topological polar surface area (TPSA) is 66.1 Å². The number of β-amino-alcohol motifs (C(OH)–C–C–N with tert-alkyl or cyclic N) is 1. The molecule has 26 heavy (non-hydrogen) atoms. The Morgan fingerprint density at radius 2 is 2.04 bits per heavy atom. The van der Waals surface area contributed by atoms with E-state index in [0.717, 1.165) is 11.3 Å². The van der Waals surface area contributed by atoms with Crippen LogP contribution < -0.4 is 4.74 Å². The van der Waals surface area contributed by atoms with Gasteiger partial charge in [0.25, 0.3) is 5.91 Å². The van der Waals surface area contributed by atoms with Gasteiger partial charge in [0.2, 0.25) is 0 Å². The highest BCUT2D eigenvalue weighted by Crippen LogP contribution is 2.25. The van der Waals surface area contributed by atoms with E-state index in [1.807, 2.05) is 50.2 Å². The normalized spacial score (nSPS) is 20.0. The summed E-state index contributed by atoms with van der Waals surface area (Å²) in [5.74, 6) is 1.10. The fourth-order valence-corrected chi connectivity index (χ4v) is 3.34. The van der Waals surface area contributed by atoms with Crippen LogP contribution in [-0.4, -0.2) is 60.1 Å². The first kappa shape index (κ1) is 18.5. The van der Waals surface area contributed by atoms with Gasteiger partial charge in [-0.1, -0.05) is 17.7 Å². The van der Waals surface area contributed by atoms with E-state index in [2.05, 4.69) is 0 Å². The molecule has 0 spiro atoms. The van der Waals surface area contributed by atoms with Gasteiger partial charge < -0.3 is 24.1 Å². The number of carbonyl (C=O) groups excluding carboxylic acids is 1. The van der Waals surface area contributed by atoms with Crippen LogP contribution in [0.25, 0.3) is 0 Å². The van der Waals surface area contributed by atoms with E-state index >= 15 is 0 Å². The van der Waals surface area contributed by atoms with E-state index in [1.54, 1.807) is 11.0 Å². The van der Waals surface area contributed by atoms with Crippen molar-refractivity contribution in [3.05, 3.63) is 53.5 Å². The quantitative estimate of drug-likeness (QED) is 0.858. The second kappa shape index (κ2) is 7.51. The number of likely N-dealkylation sites (tertiary alicyclic amines) is 1. The van der Waals surface area contributed by atoms with Crippen LogP contribution >= 0.6 is 0 Å². The molecule has 1 atom stereocenters. The number of benzene rings is 1. The number of nitrogens with zero attached hydrogens (tertiary/aromatic N) is 2. The van der Waals surface area contributed by atoms with E-state index in [-0.39, 0.29) is 12.5 Å². The molecule has 6 heteroatoms. The molecule has 6 nitrogen and oxygen atoms in total. The van der Waals surface area contributed by atoms with Gasteiger partial charge in [-0.05, 0) is 45.6 Å². The number of furan rings is 1. The van der Waals surface area contributed by atoms with Crippen LogP contribution in [0.5, 0.6) is 5.75 Å². The van der Waals surface area contributed by atoms with E-state index in [1.165, 1.54) is 6.26 Å². The third kappa shape index (κ3) is 4.26. The van der Waals surface area contributed by atoms with Crippen LogP contribution in [-0.2, 0) is 6.61 Å². The van der Waals surface area contributed by atoms with E-state index in [4.69, 9.17) is 9.15 Å². The van der Waals surface area contributed by atoms with Crippen molar-refractivity contribution in [2.45, 2.75) is 25.6 Å². The molecule has 0 radical (unpaired) electrons. The fraction of sp³-hybridized carbons (Fsp3) is 0.450. The van der Waals surface area contributed by atoms with Gasteiger partial charge in [-0.3, -0.25) is 4.79 Å². The third-order valence-electron chi connectivity index (χ3n) is 4.60. The Hall–Kier alpha value is -2.31. The summed E-state index contributed by atoms with van der Waals surface area (Å²) in [4.78, 5) is 16.5. The molecule has 1 fully saturated rings. The van der Waals surface area contributed by atoms with Crippen molar-refractivity contribution in [2.24, 2.45) is 0 Å². The molecule has 1 amide bonds. The summed E-state index contributed by atoms with van der Waals surface area (Å²) in [6, 6.07) is 9.39. The number of ether oxygens (including phenoxy) is 1. The zero-order valence-corrected chi connectivity index (χ0v) is 15.6. The highest BCUT2D eigenvalue weighted by Gasteiger charge is 2.39. The summed E-state index contributed by atoms with van der Waals surface area (Å²) >= 11 is 0. The number of likely N-dealkylation sites (N-methyl/N-ethyl adjacent to an activating group) is 1. The summed E-state index contributed by atoms with van der Waals surface area (Å²) in [5, 5.41) is 10.6. The lowest BCUT2D eigenvalue weighted by molar-refractivity contribution is 0.0235. The van der Waals surface area contributed by atoms with E-state index < -0.39 is 5.60 Å². The Morgan fingerprint density at radius 1 is 1.31 bits per heavy atom. The predicted octanol–water partition coefficient (Wildman–Crippen LogP) is 2.31. The maximum absolute atomic E-state index is 12.8. The molecule has 1 aromatic carbocycles. The predicted molar refractivity (Wildman–Crippen MR) is 98.2 cm³/mol. The van der Waals surface area contributed by atoms with Crippen molar-refractivity contribution in [2.75, 3.05) is 33.7 Å². The minimum atomic E-state index is -0.860. The van der Waals surface area contributed by atoms with Crippen LogP contribution in [0.15, 0.2) is 41.0 Å². The van der Waals surface area contributed by atoms with Crippen molar-refractivity contribution >= 4 is 5.91 Å². The first-order chi connectivity index (χ1) is 12.4. The maximum atomic E-state index is 12.8. The first-order valence-electron chi connectivity index (χ1n) is 8.78. The van der Waals surface area contributed by atoms with Gasteiger partial charge >= 0.3 is 0 Å². The molecule has 0 aliphatic carbocycles. The zero-order valence-electron chi connectivity index (χ0n) is 15.6. The number of carbonyl (C=O) groups is 1. The molecular formula is C20H26N2O4. The Kier molecular flexibility index (Phi) is 5.34. The molecule has 2 aromatic rings. The highest BCUT2D eigenvalue weighted by molar-refractivity contribution is 5.95. The van der Waals surface area contributed by atoms with Crippen molar-refractivity contribution in [1.29, 1.82) is 0 Å². The molecule has 140 valence electrons. The number of hydrogen-bond donors (Lipinski definition) is 1. The summed E-state index contributed by atoms with van der Waals surface area (Å²) in [6.07, 6.45) is 2.08. The molecule has 1 aromatic heterocycles. The molecule has 1 saturated heterocycles. The number of rotatable bonds is 6. The summed E-state index contributed by atoms with van der Waals surface area (Å²) in [6.45, 7) is 3.60. The number of amides is 1.